The van der Waals surface area contributed by atoms with Gasteiger partial charge in [-0.3, -0.25) is 4.79 Å². The molecule has 0 bridgehead atoms. The lowest BCUT2D eigenvalue weighted by molar-refractivity contribution is -0.113. The number of anilines is 1. The van der Waals surface area contributed by atoms with E-state index >= 15 is 0 Å². The van der Waals surface area contributed by atoms with Crippen molar-refractivity contribution in [3.8, 4) is 5.75 Å². The van der Waals surface area contributed by atoms with Crippen LogP contribution >= 0.6 is 12.2 Å². The number of hydrogen-bond acceptors (Lipinski definition) is 4. The van der Waals surface area contributed by atoms with Crippen molar-refractivity contribution in [2.24, 2.45) is 0 Å². The van der Waals surface area contributed by atoms with Gasteiger partial charge >= 0.3 is 5.97 Å². The fraction of sp³-hybridized carbons (Fsp3) is 0.0800. The van der Waals surface area contributed by atoms with Crippen molar-refractivity contribution in [1.29, 1.82) is 0 Å². The van der Waals surface area contributed by atoms with Gasteiger partial charge in [-0.1, -0.05) is 48.5 Å². The first-order valence-electron chi connectivity index (χ1n) is 10.0. The molecule has 0 saturated carbocycles. The maximum Gasteiger partial charge on any atom is 0.343 e. The van der Waals surface area contributed by atoms with Gasteiger partial charge < -0.3 is 20.7 Å². The van der Waals surface area contributed by atoms with E-state index in [4.69, 9.17) is 17.0 Å². The van der Waals surface area contributed by atoms with Crippen LogP contribution in [0.25, 0.3) is 0 Å². The molecule has 0 radical (unpaired) electrons. The van der Waals surface area contributed by atoms with E-state index in [1.54, 1.807) is 36.4 Å². The molecule has 1 amide bonds. The highest BCUT2D eigenvalue weighted by atomic mass is 32.1. The molecule has 1 aliphatic rings. The second-order valence-corrected chi connectivity index (χ2v) is 7.62. The molecule has 1 atom stereocenters. The molecule has 4 rings (SSSR count). The predicted octanol–water partition coefficient (Wildman–Crippen LogP) is 4.34. The van der Waals surface area contributed by atoms with Crippen molar-refractivity contribution in [1.82, 2.24) is 10.6 Å². The zero-order chi connectivity index (χ0) is 22.5. The second-order valence-electron chi connectivity index (χ2n) is 7.21. The van der Waals surface area contributed by atoms with Crippen LogP contribution in [0, 0.1) is 0 Å². The van der Waals surface area contributed by atoms with Crippen molar-refractivity contribution in [2.75, 3.05) is 5.32 Å². The Morgan fingerprint density at radius 1 is 0.906 bits per heavy atom. The summed E-state index contributed by atoms with van der Waals surface area (Å²) in [6.45, 7) is 1.82. The maximum absolute atomic E-state index is 13.1. The summed E-state index contributed by atoms with van der Waals surface area (Å²) in [7, 11) is 0. The van der Waals surface area contributed by atoms with Gasteiger partial charge in [0.2, 0.25) is 0 Å². The summed E-state index contributed by atoms with van der Waals surface area (Å²) in [6.07, 6.45) is 0. The molecule has 6 nitrogen and oxygen atoms in total. The van der Waals surface area contributed by atoms with Gasteiger partial charge in [-0.25, -0.2) is 4.79 Å². The van der Waals surface area contributed by atoms with Crippen LogP contribution in [-0.4, -0.2) is 17.0 Å². The molecule has 0 aromatic heterocycles. The second kappa shape index (κ2) is 9.45. The van der Waals surface area contributed by atoms with Crippen LogP contribution in [0.5, 0.6) is 5.75 Å². The summed E-state index contributed by atoms with van der Waals surface area (Å²) in [5.74, 6) is -0.255. The molecule has 0 aliphatic carbocycles. The fourth-order valence-corrected chi connectivity index (χ4v) is 3.70. The number of allylic oxidation sites excluding steroid dienone is 1. The van der Waals surface area contributed by atoms with Crippen LogP contribution < -0.4 is 20.7 Å². The van der Waals surface area contributed by atoms with Crippen LogP contribution in [0.15, 0.2) is 96.2 Å². The number of ether oxygens (including phenoxy) is 1. The lowest BCUT2D eigenvalue weighted by atomic mass is 9.95. The summed E-state index contributed by atoms with van der Waals surface area (Å²) in [5, 5.41) is 9.54. The molecule has 1 aliphatic heterocycles. The van der Waals surface area contributed by atoms with Gasteiger partial charge in [0.15, 0.2) is 5.11 Å². The predicted molar refractivity (Wildman–Crippen MR) is 127 cm³/mol. The molecule has 3 N–H and O–H groups in total. The number of rotatable bonds is 5. The number of esters is 1. The van der Waals surface area contributed by atoms with Crippen LogP contribution in [0.4, 0.5) is 5.69 Å². The molecular weight excluding hydrogens is 422 g/mol. The quantitative estimate of drug-likeness (QED) is 0.309. The van der Waals surface area contributed by atoms with Gasteiger partial charge in [0.25, 0.3) is 5.91 Å². The first-order valence-corrected chi connectivity index (χ1v) is 10.4. The summed E-state index contributed by atoms with van der Waals surface area (Å²) >= 11 is 5.31. The van der Waals surface area contributed by atoms with E-state index in [9.17, 15) is 9.59 Å². The number of carbonyl (C=O) groups is 2. The summed E-state index contributed by atoms with van der Waals surface area (Å²) < 4.78 is 5.45. The van der Waals surface area contributed by atoms with E-state index in [0.29, 0.717) is 33.4 Å². The summed E-state index contributed by atoms with van der Waals surface area (Å²) in [6, 6.07) is 24.6. The molecule has 0 saturated heterocycles. The number of hydrogen-bond donors (Lipinski definition) is 3. The number of carbonyl (C=O) groups excluding carboxylic acids is 2. The smallest absolute Gasteiger partial charge is 0.343 e. The highest BCUT2D eigenvalue weighted by Gasteiger charge is 2.30. The van der Waals surface area contributed by atoms with Gasteiger partial charge in [0.1, 0.15) is 5.75 Å². The van der Waals surface area contributed by atoms with Gasteiger partial charge in [-0.2, -0.15) is 0 Å². The monoisotopic (exact) mass is 443 g/mol. The molecule has 0 fully saturated rings. The Bertz CT molecular complexity index is 1180. The van der Waals surface area contributed by atoms with E-state index < -0.39 is 12.0 Å². The Labute approximate surface area is 191 Å². The summed E-state index contributed by atoms with van der Waals surface area (Å²) in [5.41, 5.74) is 3.18. The number of amides is 1. The molecule has 160 valence electrons. The minimum absolute atomic E-state index is 0.235. The Balaban J connectivity index is 1.55. The summed E-state index contributed by atoms with van der Waals surface area (Å²) in [4.78, 5) is 25.4. The van der Waals surface area contributed by atoms with E-state index in [1.165, 1.54) is 0 Å². The van der Waals surface area contributed by atoms with Crippen molar-refractivity contribution < 1.29 is 14.3 Å². The number of benzene rings is 3. The normalized spacial score (nSPS) is 15.4. The average Bonchev–Trinajstić information content (AvgIpc) is 2.80. The van der Waals surface area contributed by atoms with Gasteiger partial charge in [0, 0.05) is 11.4 Å². The third kappa shape index (κ3) is 4.84. The highest BCUT2D eigenvalue weighted by Crippen LogP contribution is 2.29. The van der Waals surface area contributed by atoms with Crippen molar-refractivity contribution in [2.45, 2.75) is 13.0 Å². The Morgan fingerprint density at radius 2 is 1.53 bits per heavy atom. The third-order valence-electron chi connectivity index (χ3n) is 4.98. The topological polar surface area (TPSA) is 79.5 Å². The number of nitrogens with one attached hydrogen (secondary N) is 3. The molecule has 32 heavy (non-hydrogen) atoms. The standard InChI is InChI=1S/C25H21N3O3S/c1-16-21(23(29)27-19-10-6-3-7-11-19)22(28-25(32)26-16)17-12-14-20(15-13-17)31-24(30)18-8-4-2-5-9-18/h2-15,22H,1H3,(H,27,29)(H2,26,28,32). The molecule has 3 aromatic carbocycles. The van der Waals surface area contributed by atoms with Crippen molar-refractivity contribution >= 4 is 34.9 Å². The third-order valence-corrected chi connectivity index (χ3v) is 5.20. The van der Waals surface area contributed by atoms with Crippen molar-refractivity contribution in [3.05, 3.63) is 107 Å². The first kappa shape index (κ1) is 21.3. The first-order chi connectivity index (χ1) is 15.5. The number of thiocarbonyl (C=S) groups is 1. The van der Waals surface area contributed by atoms with E-state index in [-0.39, 0.29) is 5.91 Å². The molecule has 7 heteroatoms. The Hall–Kier alpha value is -3.97. The Kier molecular flexibility index (Phi) is 6.28. The molecule has 1 unspecified atom stereocenters. The largest absolute Gasteiger partial charge is 0.423 e. The Morgan fingerprint density at radius 3 is 2.19 bits per heavy atom. The van der Waals surface area contributed by atoms with E-state index in [2.05, 4.69) is 16.0 Å². The van der Waals surface area contributed by atoms with Gasteiger partial charge in [-0.05, 0) is 61.1 Å². The number of para-hydroxylation sites is 1. The van der Waals surface area contributed by atoms with E-state index in [1.807, 2.05) is 55.5 Å². The maximum atomic E-state index is 13.1. The molecule has 3 aromatic rings. The minimum Gasteiger partial charge on any atom is -0.423 e. The molecular formula is C25H21N3O3S. The highest BCUT2D eigenvalue weighted by molar-refractivity contribution is 7.80. The minimum atomic E-state index is -0.452. The zero-order valence-electron chi connectivity index (χ0n) is 17.3. The fourth-order valence-electron chi connectivity index (χ4n) is 3.43. The van der Waals surface area contributed by atoms with Crippen LogP contribution in [0.1, 0.15) is 28.9 Å². The van der Waals surface area contributed by atoms with Crippen molar-refractivity contribution in [3.63, 3.8) is 0 Å². The lowest BCUT2D eigenvalue weighted by Crippen LogP contribution is -2.45. The van der Waals surface area contributed by atoms with Gasteiger partial charge in [-0.15, -0.1) is 0 Å². The molecule has 0 spiro atoms. The van der Waals surface area contributed by atoms with E-state index in [0.717, 1.165) is 5.56 Å². The van der Waals surface area contributed by atoms with Crippen LogP contribution in [-0.2, 0) is 4.79 Å². The molecule has 1 heterocycles. The lowest BCUT2D eigenvalue weighted by Gasteiger charge is -2.30. The van der Waals surface area contributed by atoms with Crippen LogP contribution in [0.2, 0.25) is 0 Å². The zero-order valence-corrected chi connectivity index (χ0v) is 18.1. The van der Waals surface area contributed by atoms with Gasteiger partial charge in [0.05, 0.1) is 17.2 Å². The van der Waals surface area contributed by atoms with Crippen LogP contribution in [0.3, 0.4) is 0 Å². The average molecular weight is 444 g/mol. The SMILES string of the molecule is CC1=C(C(=O)Nc2ccccc2)C(c2ccc(OC(=O)c3ccccc3)cc2)NC(=S)N1.